The third kappa shape index (κ3) is 4.63. The lowest BCUT2D eigenvalue weighted by molar-refractivity contribution is 0.469. The van der Waals surface area contributed by atoms with Crippen molar-refractivity contribution in [2.45, 2.75) is 6.42 Å². The third-order valence-electron chi connectivity index (χ3n) is 6.95. The van der Waals surface area contributed by atoms with Gasteiger partial charge < -0.3 is 4.74 Å². The van der Waals surface area contributed by atoms with Crippen LogP contribution in [0.25, 0.3) is 23.3 Å². The maximum absolute atomic E-state index is 9.68. The molecule has 0 spiro atoms. The number of nitriles is 2. The number of nitrogens with zero attached hydrogens (tertiary/aromatic N) is 4. The summed E-state index contributed by atoms with van der Waals surface area (Å²) in [5, 5.41) is 25.0. The molecule has 2 aliphatic heterocycles. The number of ether oxygens (including phenoxy) is 1. The summed E-state index contributed by atoms with van der Waals surface area (Å²) in [5.74, 6) is 0.874. The Morgan fingerprint density at radius 3 is 2.02 bits per heavy atom. The van der Waals surface area contributed by atoms with Gasteiger partial charge in [0.1, 0.15) is 28.2 Å². The van der Waals surface area contributed by atoms with Gasteiger partial charge in [0.05, 0.1) is 27.2 Å². The Kier molecular flexibility index (Phi) is 6.74. The van der Waals surface area contributed by atoms with Gasteiger partial charge in [-0.05, 0) is 76.0 Å². The first kappa shape index (κ1) is 26.4. The van der Waals surface area contributed by atoms with Crippen LogP contribution in [0.2, 0.25) is 10.0 Å². The van der Waals surface area contributed by atoms with Gasteiger partial charge in [0.25, 0.3) is 0 Å². The molecule has 9 heteroatoms. The average Bonchev–Trinajstić information content (AvgIpc) is 3.75. The van der Waals surface area contributed by atoms with Crippen LogP contribution in [0.15, 0.2) is 81.4 Å². The van der Waals surface area contributed by atoms with E-state index >= 15 is 0 Å². The van der Waals surface area contributed by atoms with E-state index in [9.17, 15) is 10.5 Å². The highest BCUT2D eigenvalue weighted by Crippen LogP contribution is 2.40. The Bertz CT molecular complexity index is 2030. The predicted molar refractivity (Wildman–Crippen MR) is 169 cm³/mol. The van der Waals surface area contributed by atoms with Gasteiger partial charge in [-0.1, -0.05) is 47.5 Å². The number of rotatable bonds is 4. The molecular formula is C33H16Cl2N4OS2. The van der Waals surface area contributed by atoms with Crippen molar-refractivity contribution in [3.05, 3.63) is 124 Å². The van der Waals surface area contributed by atoms with E-state index < -0.39 is 0 Å². The van der Waals surface area contributed by atoms with Crippen LogP contribution in [-0.2, 0) is 6.42 Å². The van der Waals surface area contributed by atoms with E-state index in [1.807, 2.05) is 83.6 Å². The Morgan fingerprint density at radius 2 is 1.40 bits per heavy atom. The van der Waals surface area contributed by atoms with Crippen LogP contribution in [0.5, 0.6) is 11.5 Å². The van der Waals surface area contributed by atoms with Gasteiger partial charge in [-0.2, -0.15) is 10.5 Å². The molecule has 0 radical (unpaired) electrons. The van der Waals surface area contributed by atoms with Crippen LogP contribution in [0.4, 0.5) is 11.4 Å². The maximum atomic E-state index is 9.68. The van der Waals surface area contributed by atoms with Crippen molar-refractivity contribution in [2.75, 3.05) is 0 Å². The molecule has 0 saturated heterocycles. The van der Waals surface area contributed by atoms with Crippen molar-refractivity contribution in [1.29, 1.82) is 10.5 Å². The van der Waals surface area contributed by atoms with Gasteiger partial charge in [-0.3, -0.25) is 0 Å². The summed E-state index contributed by atoms with van der Waals surface area (Å²) in [6.07, 6.45) is 4.21. The van der Waals surface area contributed by atoms with E-state index in [0.717, 1.165) is 37.7 Å². The molecule has 0 bridgehead atoms. The van der Waals surface area contributed by atoms with E-state index in [-0.39, 0.29) is 0 Å². The van der Waals surface area contributed by atoms with Gasteiger partial charge in [0.2, 0.25) is 0 Å². The average molecular weight is 620 g/mol. The Hall–Kier alpha value is -4.50. The summed E-state index contributed by atoms with van der Waals surface area (Å²) < 4.78 is 6.28. The zero-order chi connectivity index (χ0) is 28.8. The Labute approximate surface area is 258 Å². The monoisotopic (exact) mass is 618 g/mol. The van der Waals surface area contributed by atoms with E-state index in [4.69, 9.17) is 37.9 Å². The van der Waals surface area contributed by atoms with Gasteiger partial charge in [-0.25, -0.2) is 9.98 Å². The SMILES string of the molecule is N#C/C(=C\c1ccc2c(c1)Cc1c(Cl)c3c(c(Cl)c1=N2)Oc1cc(/C=C(\C#N)c2cccs2)ccc1N=3)c1cccs1. The molecule has 0 aliphatic carbocycles. The first-order valence-corrected chi connectivity index (χ1v) is 15.3. The number of hydrogen-bond donors (Lipinski definition) is 0. The molecule has 3 aromatic carbocycles. The smallest absolute Gasteiger partial charge is 0.175 e. The molecule has 5 aromatic rings. The zero-order valence-electron chi connectivity index (χ0n) is 21.6. The van der Waals surface area contributed by atoms with Crippen molar-refractivity contribution >= 4 is 80.5 Å². The standard InChI is InChI=1S/C33H16Cl2N4OS2/c34-29-23-15-20-11-18(12-21(16-36)27-3-1-9-41-27)5-7-24(20)38-31(23)30(35)33-32(29)39-25-8-6-19(14-26(25)40-33)13-22(17-37)28-4-2-10-42-28/h1-14H,15H2/b21-12+,22-13+. The lowest BCUT2D eigenvalue weighted by Crippen LogP contribution is -2.25. The molecule has 2 aromatic heterocycles. The summed E-state index contributed by atoms with van der Waals surface area (Å²) in [6, 6.07) is 23.7. The van der Waals surface area contributed by atoms with Crippen molar-refractivity contribution in [3.8, 4) is 23.6 Å². The second-order valence-corrected chi connectivity index (χ2v) is 12.2. The fraction of sp³-hybridized carbons (Fsp3) is 0.0303. The minimum absolute atomic E-state index is 0.343. The number of allylic oxidation sites excluding steroid dienone is 2. The van der Waals surface area contributed by atoms with E-state index in [1.165, 1.54) is 22.7 Å². The molecule has 0 amide bonds. The third-order valence-corrected chi connectivity index (χ3v) is 9.51. The highest BCUT2D eigenvalue weighted by Gasteiger charge is 2.26. The highest BCUT2D eigenvalue weighted by atomic mass is 35.5. The number of thiophene rings is 2. The number of halogens is 2. The molecule has 4 heterocycles. The molecule has 0 fully saturated rings. The summed E-state index contributed by atoms with van der Waals surface area (Å²) in [6.45, 7) is 0. The molecular weight excluding hydrogens is 603 g/mol. The van der Waals surface area contributed by atoms with E-state index in [0.29, 0.717) is 55.5 Å². The van der Waals surface area contributed by atoms with Crippen molar-refractivity contribution in [1.82, 2.24) is 0 Å². The Balaban J connectivity index is 1.28. The molecule has 42 heavy (non-hydrogen) atoms. The van der Waals surface area contributed by atoms with Gasteiger partial charge in [0.15, 0.2) is 11.5 Å². The second kappa shape index (κ2) is 10.7. The predicted octanol–water partition coefficient (Wildman–Crippen LogP) is 9.16. The summed E-state index contributed by atoms with van der Waals surface area (Å²) in [7, 11) is 0. The second-order valence-electron chi connectivity index (χ2n) is 9.54. The van der Waals surface area contributed by atoms with Gasteiger partial charge in [-0.15, -0.1) is 22.7 Å². The van der Waals surface area contributed by atoms with Crippen LogP contribution in [-0.4, -0.2) is 0 Å². The van der Waals surface area contributed by atoms with Gasteiger partial charge >= 0.3 is 0 Å². The summed E-state index contributed by atoms with van der Waals surface area (Å²) in [4.78, 5) is 11.5. The normalized spacial score (nSPS) is 13.2. The lowest BCUT2D eigenvalue weighted by Gasteiger charge is -2.21. The van der Waals surface area contributed by atoms with Crippen LogP contribution < -0.4 is 15.5 Å². The molecule has 2 aliphatic rings. The van der Waals surface area contributed by atoms with Gasteiger partial charge in [0, 0.05) is 21.7 Å². The van der Waals surface area contributed by atoms with Crippen molar-refractivity contribution in [3.63, 3.8) is 0 Å². The molecule has 0 saturated carbocycles. The maximum Gasteiger partial charge on any atom is 0.175 e. The van der Waals surface area contributed by atoms with Crippen LogP contribution in [0.3, 0.4) is 0 Å². The molecule has 0 unspecified atom stereocenters. The highest BCUT2D eigenvalue weighted by molar-refractivity contribution is 7.11. The van der Waals surface area contributed by atoms with Crippen LogP contribution in [0.1, 0.15) is 32.0 Å². The quantitative estimate of drug-likeness (QED) is 0.184. The minimum atomic E-state index is 0.343. The minimum Gasteiger partial charge on any atom is -0.451 e. The molecule has 5 nitrogen and oxygen atoms in total. The lowest BCUT2D eigenvalue weighted by atomic mass is 9.96. The topological polar surface area (TPSA) is 81.5 Å². The molecule has 0 N–H and O–H groups in total. The van der Waals surface area contributed by atoms with E-state index in [1.54, 1.807) is 0 Å². The molecule has 200 valence electrons. The largest absolute Gasteiger partial charge is 0.451 e. The van der Waals surface area contributed by atoms with Crippen molar-refractivity contribution in [2.24, 2.45) is 9.98 Å². The number of hydrogen-bond acceptors (Lipinski definition) is 7. The summed E-state index contributed by atoms with van der Waals surface area (Å²) in [5.41, 5.74) is 6.04. The zero-order valence-corrected chi connectivity index (χ0v) is 24.7. The Morgan fingerprint density at radius 1 is 0.786 bits per heavy atom. The van der Waals surface area contributed by atoms with Crippen LogP contribution in [0, 0.1) is 22.7 Å². The fourth-order valence-corrected chi connectivity index (χ4v) is 6.91. The number of fused-ring (bicyclic) bond motifs is 4. The summed E-state index contributed by atoms with van der Waals surface area (Å²) >= 11 is 16.9. The molecule has 7 rings (SSSR count). The number of benzene rings is 3. The molecule has 0 atom stereocenters. The van der Waals surface area contributed by atoms with Crippen molar-refractivity contribution < 1.29 is 4.74 Å². The van der Waals surface area contributed by atoms with E-state index in [2.05, 4.69) is 12.1 Å². The fourth-order valence-electron chi connectivity index (χ4n) is 4.96. The van der Waals surface area contributed by atoms with Crippen LogP contribution >= 0.6 is 45.9 Å². The first-order chi connectivity index (χ1) is 20.5. The first-order valence-electron chi connectivity index (χ1n) is 12.8.